The molecule has 1 aliphatic heterocycles. The average molecular weight is 508 g/mol. The Hall–Kier alpha value is -3.92. The highest BCUT2D eigenvalue weighted by Crippen LogP contribution is 2.43. The van der Waals surface area contributed by atoms with Gasteiger partial charge in [0.05, 0.1) is 11.2 Å². The first kappa shape index (κ1) is 25.4. The molecule has 0 amide bonds. The lowest BCUT2D eigenvalue weighted by atomic mass is 9.76. The van der Waals surface area contributed by atoms with E-state index in [0.29, 0.717) is 0 Å². The van der Waals surface area contributed by atoms with Gasteiger partial charge in [-0.25, -0.2) is 0 Å². The van der Waals surface area contributed by atoms with E-state index in [9.17, 15) is 0 Å². The number of rotatable bonds is 5. The molecule has 0 radical (unpaired) electrons. The molecule has 0 N–H and O–H groups in total. The summed E-state index contributed by atoms with van der Waals surface area (Å²) in [5.41, 5.74) is 9.73. The standard InChI is InChI=1S/C36H33BO2/c1-35(2)36(3,4)39-37(38-35)31-22-14-21-29(23-31)34-32(27-17-10-6-11-18-27)24-30(26-15-8-5-9-16-26)25-33(34)28-19-12-7-13-20-28/h5-25H,1-4H3. The monoisotopic (exact) mass is 508 g/mol. The molecular weight excluding hydrogens is 475 g/mol. The number of hydrogen-bond acceptors (Lipinski definition) is 2. The fourth-order valence-corrected chi connectivity index (χ4v) is 5.26. The van der Waals surface area contributed by atoms with E-state index in [4.69, 9.17) is 9.31 Å². The first-order valence-corrected chi connectivity index (χ1v) is 13.6. The summed E-state index contributed by atoms with van der Waals surface area (Å²) in [5.74, 6) is 0. The molecule has 39 heavy (non-hydrogen) atoms. The van der Waals surface area contributed by atoms with Gasteiger partial charge in [0.2, 0.25) is 0 Å². The van der Waals surface area contributed by atoms with Crippen LogP contribution in [0.15, 0.2) is 127 Å². The molecule has 0 unspecified atom stereocenters. The Bertz CT molecular complexity index is 1520. The predicted molar refractivity (Wildman–Crippen MR) is 164 cm³/mol. The van der Waals surface area contributed by atoms with Gasteiger partial charge in [-0.05, 0) is 89.8 Å². The van der Waals surface area contributed by atoms with Gasteiger partial charge in [0.1, 0.15) is 0 Å². The third-order valence-electron chi connectivity index (χ3n) is 8.12. The Labute approximate surface area is 232 Å². The molecule has 1 fully saturated rings. The van der Waals surface area contributed by atoms with Crippen molar-refractivity contribution in [3.63, 3.8) is 0 Å². The zero-order valence-electron chi connectivity index (χ0n) is 23.0. The molecule has 6 rings (SSSR count). The minimum absolute atomic E-state index is 0.393. The summed E-state index contributed by atoms with van der Waals surface area (Å²) in [6.07, 6.45) is 0. The fraction of sp³-hybridized carbons (Fsp3) is 0.167. The van der Waals surface area contributed by atoms with Crippen molar-refractivity contribution in [2.45, 2.75) is 38.9 Å². The fourth-order valence-electron chi connectivity index (χ4n) is 5.26. The van der Waals surface area contributed by atoms with Crippen molar-refractivity contribution in [2.24, 2.45) is 0 Å². The second kappa shape index (κ2) is 10.00. The van der Waals surface area contributed by atoms with Crippen molar-refractivity contribution < 1.29 is 9.31 Å². The van der Waals surface area contributed by atoms with Crippen molar-refractivity contribution in [1.82, 2.24) is 0 Å². The van der Waals surface area contributed by atoms with Gasteiger partial charge in [-0.2, -0.15) is 0 Å². The van der Waals surface area contributed by atoms with E-state index in [0.717, 1.165) is 11.0 Å². The highest BCUT2D eigenvalue weighted by Gasteiger charge is 2.51. The molecule has 0 bridgehead atoms. The Morgan fingerprint density at radius 1 is 0.436 bits per heavy atom. The van der Waals surface area contributed by atoms with Crippen molar-refractivity contribution >= 4 is 12.6 Å². The summed E-state index contributed by atoms with van der Waals surface area (Å²) in [5, 5.41) is 0. The Balaban J connectivity index is 1.59. The average Bonchev–Trinajstić information content (AvgIpc) is 3.20. The minimum Gasteiger partial charge on any atom is -0.399 e. The van der Waals surface area contributed by atoms with Gasteiger partial charge in [-0.15, -0.1) is 0 Å². The van der Waals surface area contributed by atoms with Gasteiger partial charge in [0.25, 0.3) is 0 Å². The lowest BCUT2D eigenvalue weighted by molar-refractivity contribution is 0.00578. The number of benzene rings is 5. The molecule has 0 spiro atoms. The first-order valence-electron chi connectivity index (χ1n) is 13.6. The lowest BCUT2D eigenvalue weighted by Crippen LogP contribution is -2.41. The van der Waals surface area contributed by atoms with E-state index in [1.54, 1.807) is 0 Å². The van der Waals surface area contributed by atoms with Gasteiger partial charge >= 0.3 is 7.12 Å². The molecule has 5 aromatic rings. The van der Waals surface area contributed by atoms with E-state index >= 15 is 0 Å². The molecule has 0 atom stereocenters. The summed E-state index contributed by atoms with van der Waals surface area (Å²) < 4.78 is 12.9. The minimum atomic E-state index is -0.418. The van der Waals surface area contributed by atoms with Crippen LogP contribution in [-0.2, 0) is 9.31 Å². The lowest BCUT2D eigenvalue weighted by Gasteiger charge is -2.32. The smallest absolute Gasteiger partial charge is 0.399 e. The van der Waals surface area contributed by atoms with Gasteiger partial charge in [-0.1, -0.05) is 115 Å². The summed E-state index contributed by atoms with van der Waals surface area (Å²) in [6.45, 7) is 8.39. The third-order valence-corrected chi connectivity index (χ3v) is 8.12. The second-order valence-corrected chi connectivity index (χ2v) is 11.3. The zero-order valence-corrected chi connectivity index (χ0v) is 23.0. The zero-order chi connectivity index (χ0) is 27.0. The second-order valence-electron chi connectivity index (χ2n) is 11.3. The van der Waals surface area contributed by atoms with Crippen LogP contribution < -0.4 is 5.46 Å². The maximum atomic E-state index is 6.43. The highest BCUT2D eigenvalue weighted by atomic mass is 16.7. The highest BCUT2D eigenvalue weighted by molar-refractivity contribution is 6.62. The van der Waals surface area contributed by atoms with E-state index < -0.39 is 18.3 Å². The quantitative estimate of drug-likeness (QED) is 0.221. The summed E-state index contributed by atoms with van der Waals surface area (Å²) >= 11 is 0. The van der Waals surface area contributed by atoms with Crippen molar-refractivity contribution in [3.05, 3.63) is 127 Å². The van der Waals surface area contributed by atoms with E-state index in [1.165, 1.54) is 38.9 Å². The van der Waals surface area contributed by atoms with Crippen LogP contribution in [0.25, 0.3) is 44.5 Å². The normalized spacial score (nSPS) is 15.8. The van der Waals surface area contributed by atoms with Crippen LogP contribution in [0, 0.1) is 0 Å². The molecule has 0 aliphatic carbocycles. The Morgan fingerprint density at radius 3 is 1.36 bits per heavy atom. The maximum absolute atomic E-state index is 6.43. The molecule has 0 saturated carbocycles. The molecule has 0 aromatic heterocycles. The van der Waals surface area contributed by atoms with Crippen molar-refractivity contribution in [2.75, 3.05) is 0 Å². The van der Waals surface area contributed by atoms with Crippen LogP contribution in [-0.4, -0.2) is 18.3 Å². The SMILES string of the molecule is CC1(C)OB(c2cccc(-c3c(-c4ccccc4)cc(-c4ccccc4)cc3-c3ccccc3)c2)OC1(C)C. The van der Waals surface area contributed by atoms with Crippen LogP contribution in [0.3, 0.4) is 0 Å². The summed E-state index contributed by atoms with van der Waals surface area (Å²) in [4.78, 5) is 0. The first-order chi connectivity index (χ1) is 18.8. The van der Waals surface area contributed by atoms with Crippen molar-refractivity contribution in [1.29, 1.82) is 0 Å². The van der Waals surface area contributed by atoms with Gasteiger partial charge in [0, 0.05) is 0 Å². The van der Waals surface area contributed by atoms with Crippen LogP contribution >= 0.6 is 0 Å². The van der Waals surface area contributed by atoms with Crippen LogP contribution in [0.1, 0.15) is 27.7 Å². The van der Waals surface area contributed by atoms with E-state index in [1.807, 2.05) is 0 Å². The largest absolute Gasteiger partial charge is 0.494 e. The van der Waals surface area contributed by atoms with Crippen molar-refractivity contribution in [3.8, 4) is 44.5 Å². The maximum Gasteiger partial charge on any atom is 0.494 e. The topological polar surface area (TPSA) is 18.5 Å². The molecule has 1 aliphatic rings. The summed E-state index contributed by atoms with van der Waals surface area (Å²) in [6, 6.07) is 45.3. The Morgan fingerprint density at radius 2 is 0.872 bits per heavy atom. The van der Waals surface area contributed by atoms with E-state index in [-0.39, 0.29) is 0 Å². The molecule has 1 saturated heterocycles. The van der Waals surface area contributed by atoms with Gasteiger partial charge in [0.15, 0.2) is 0 Å². The molecule has 3 heteroatoms. The third kappa shape index (κ3) is 4.85. The summed E-state index contributed by atoms with van der Waals surface area (Å²) in [7, 11) is -0.418. The molecule has 192 valence electrons. The van der Waals surface area contributed by atoms with Crippen LogP contribution in [0.5, 0.6) is 0 Å². The Kier molecular flexibility index (Phi) is 6.50. The van der Waals surface area contributed by atoms with Crippen LogP contribution in [0.4, 0.5) is 0 Å². The molecule has 5 aromatic carbocycles. The molecular formula is C36H33BO2. The molecule has 2 nitrogen and oxygen atoms in total. The number of hydrogen-bond donors (Lipinski definition) is 0. The van der Waals surface area contributed by atoms with E-state index in [2.05, 4.69) is 155 Å². The van der Waals surface area contributed by atoms with Gasteiger partial charge in [-0.3, -0.25) is 0 Å². The molecule has 1 heterocycles. The van der Waals surface area contributed by atoms with Crippen LogP contribution in [0.2, 0.25) is 0 Å². The predicted octanol–water partition coefficient (Wildman–Crippen LogP) is 8.65. The van der Waals surface area contributed by atoms with Gasteiger partial charge < -0.3 is 9.31 Å².